The van der Waals surface area contributed by atoms with Gasteiger partial charge in [-0.2, -0.15) is 13.2 Å². The molecule has 0 bridgehead atoms. The van der Waals surface area contributed by atoms with Gasteiger partial charge in [0.2, 0.25) is 0 Å². The third-order valence-electron chi connectivity index (χ3n) is 6.49. The highest BCUT2D eigenvalue weighted by Crippen LogP contribution is 2.35. The van der Waals surface area contributed by atoms with Gasteiger partial charge in [-0.3, -0.25) is 4.79 Å². The van der Waals surface area contributed by atoms with Gasteiger partial charge in [0.05, 0.1) is 18.1 Å². The van der Waals surface area contributed by atoms with Crippen molar-refractivity contribution in [2.45, 2.75) is 58.9 Å². The van der Waals surface area contributed by atoms with Crippen LogP contribution in [0.5, 0.6) is 11.5 Å². The Labute approximate surface area is 292 Å². The summed E-state index contributed by atoms with van der Waals surface area (Å²) in [6, 6.07) is 14.9. The molecule has 6 N–H and O–H groups in total. The molecule has 4 rings (SSSR count). The van der Waals surface area contributed by atoms with Crippen LogP contribution in [0.1, 0.15) is 64.7 Å². The number of aliphatic carboxylic acids is 3. The number of alkyl halides is 3. The molecule has 0 radical (unpaired) electrons. The number of carbonyl (C=O) groups is 3. The molecule has 11 nitrogen and oxygen atoms in total. The van der Waals surface area contributed by atoms with Crippen molar-refractivity contribution in [3.8, 4) is 11.5 Å². The second-order valence-corrected chi connectivity index (χ2v) is 11.5. The highest BCUT2D eigenvalue weighted by atomic mass is 32.1. The van der Waals surface area contributed by atoms with E-state index in [1.54, 1.807) is 17.4 Å². The molecular formula is C35H43F3N2O9S. The van der Waals surface area contributed by atoms with E-state index in [1.165, 1.54) is 46.2 Å². The van der Waals surface area contributed by atoms with Crippen LogP contribution in [0, 0.1) is 20.8 Å². The summed E-state index contributed by atoms with van der Waals surface area (Å²) < 4.78 is 54.8. The monoisotopic (exact) mass is 724 g/mol. The zero-order valence-electron chi connectivity index (χ0n) is 28.3. The number of thiophene rings is 1. The average Bonchev–Trinajstić information content (AvgIpc) is 3.73. The fourth-order valence-electron chi connectivity index (χ4n) is 4.17. The molecule has 0 aliphatic heterocycles. The van der Waals surface area contributed by atoms with Gasteiger partial charge < -0.3 is 40.3 Å². The predicted molar refractivity (Wildman–Crippen MR) is 183 cm³/mol. The Morgan fingerprint density at radius 1 is 0.900 bits per heavy atom. The maximum Gasteiger partial charge on any atom is 0.416 e. The van der Waals surface area contributed by atoms with Gasteiger partial charge in [0.15, 0.2) is 0 Å². The Morgan fingerprint density at radius 3 is 1.96 bits per heavy atom. The van der Waals surface area contributed by atoms with E-state index in [2.05, 4.69) is 55.7 Å². The molecule has 0 saturated carbocycles. The number of nitrogens with one attached hydrogen (secondary N) is 1. The van der Waals surface area contributed by atoms with Crippen LogP contribution in [-0.2, 0) is 20.6 Å². The van der Waals surface area contributed by atoms with Crippen molar-refractivity contribution in [2.24, 2.45) is 5.73 Å². The molecule has 274 valence electrons. The zero-order valence-corrected chi connectivity index (χ0v) is 29.1. The van der Waals surface area contributed by atoms with Crippen molar-refractivity contribution >= 4 is 29.2 Å². The number of halogens is 3. The number of carboxylic acids is 3. The minimum atomic E-state index is -4.39. The SMILES string of the molecule is CC(=O)O.CNCCC(Oc1c(C)cccc1C)c1sccc1C.NCCC(Oc1cccc(C(F)(F)F)c1)c1ccoc1.O=C(O)C(=O)O. The van der Waals surface area contributed by atoms with Gasteiger partial charge >= 0.3 is 18.1 Å². The van der Waals surface area contributed by atoms with Gasteiger partial charge in [-0.05, 0) is 93.3 Å². The van der Waals surface area contributed by atoms with E-state index in [0.717, 1.165) is 43.3 Å². The number of nitrogens with two attached hydrogens (primary N) is 1. The fourth-order valence-corrected chi connectivity index (χ4v) is 5.16. The maximum absolute atomic E-state index is 12.6. The number of rotatable bonds is 11. The van der Waals surface area contributed by atoms with Crippen molar-refractivity contribution in [2.75, 3.05) is 20.1 Å². The van der Waals surface area contributed by atoms with Crippen LogP contribution in [0.4, 0.5) is 13.2 Å². The zero-order chi connectivity index (χ0) is 37.9. The van der Waals surface area contributed by atoms with E-state index in [1.807, 2.05) is 7.05 Å². The van der Waals surface area contributed by atoms with E-state index in [9.17, 15) is 13.2 Å². The van der Waals surface area contributed by atoms with Crippen molar-refractivity contribution in [1.29, 1.82) is 0 Å². The number of hydrogen-bond donors (Lipinski definition) is 5. The Balaban J connectivity index is 0.000000395. The normalized spacial score (nSPS) is 11.6. The van der Waals surface area contributed by atoms with Crippen molar-refractivity contribution in [3.05, 3.63) is 105 Å². The number of hydrogen-bond acceptors (Lipinski definition) is 9. The summed E-state index contributed by atoms with van der Waals surface area (Å²) in [5, 5.41) is 27.6. The topological polar surface area (TPSA) is 182 Å². The first-order valence-electron chi connectivity index (χ1n) is 15.1. The van der Waals surface area contributed by atoms with Gasteiger partial charge in [0, 0.05) is 30.2 Å². The number of para-hydroxylation sites is 1. The van der Waals surface area contributed by atoms with Crippen molar-refractivity contribution in [1.82, 2.24) is 5.32 Å². The molecule has 4 aromatic rings. The van der Waals surface area contributed by atoms with Crippen LogP contribution in [0.2, 0.25) is 0 Å². The van der Waals surface area contributed by atoms with Gasteiger partial charge in [-0.15, -0.1) is 11.3 Å². The lowest BCUT2D eigenvalue weighted by Crippen LogP contribution is -2.16. The third-order valence-corrected chi connectivity index (χ3v) is 7.60. The van der Waals surface area contributed by atoms with E-state index < -0.39 is 35.8 Å². The highest BCUT2D eigenvalue weighted by Gasteiger charge is 2.31. The summed E-state index contributed by atoms with van der Waals surface area (Å²) in [5.74, 6) is -3.30. The van der Waals surface area contributed by atoms with Crippen LogP contribution in [-0.4, -0.2) is 53.4 Å². The average molecular weight is 725 g/mol. The Morgan fingerprint density at radius 2 is 1.50 bits per heavy atom. The standard InChI is InChI=1S/C17H23NOS.C14H14F3NO2.C2H2O4.C2H4O2/c1-12-6-5-7-13(2)16(12)19-15(8-10-18-4)17-14(3)9-11-20-17;15-14(16,17)11-2-1-3-12(8-11)20-13(4-6-18)10-5-7-19-9-10;3-1(4)2(5)6;1-2(3)4/h5-7,9,11,15,18H,8,10H2,1-4H3;1-3,5,7-9,13H,4,6,18H2;(H,3,4)(H,5,6);1H3,(H,3,4). The summed E-state index contributed by atoms with van der Waals surface area (Å²) in [4.78, 5) is 28.5. The number of aryl methyl sites for hydroxylation is 3. The summed E-state index contributed by atoms with van der Waals surface area (Å²) in [6.45, 7) is 8.77. The number of carboxylic acid groups (broad SMARTS) is 3. The van der Waals surface area contributed by atoms with E-state index >= 15 is 0 Å². The molecule has 2 atom stereocenters. The summed E-state index contributed by atoms with van der Waals surface area (Å²) in [7, 11) is 1.98. The van der Waals surface area contributed by atoms with E-state index in [4.69, 9.17) is 49.3 Å². The van der Waals surface area contributed by atoms with Gasteiger partial charge in [-0.25, -0.2) is 9.59 Å². The molecular weight excluding hydrogens is 681 g/mol. The lowest BCUT2D eigenvalue weighted by Gasteiger charge is -2.21. The smallest absolute Gasteiger partial charge is 0.416 e. The van der Waals surface area contributed by atoms with Gasteiger partial charge in [-0.1, -0.05) is 24.3 Å². The molecule has 50 heavy (non-hydrogen) atoms. The first-order valence-corrected chi connectivity index (χ1v) is 16.0. The second kappa shape index (κ2) is 22.0. The molecule has 0 fully saturated rings. The highest BCUT2D eigenvalue weighted by molar-refractivity contribution is 7.10. The lowest BCUT2D eigenvalue weighted by molar-refractivity contribution is -0.159. The number of benzene rings is 2. The minimum Gasteiger partial charge on any atom is -0.486 e. The first-order chi connectivity index (χ1) is 23.5. The second-order valence-electron chi connectivity index (χ2n) is 10.6. The van der Waals surface area contributed by atoms with Crippen LogP contribution in [0.15, 0.2) is 76.9 Å². The first kappa shape index (κ1) is 43.2. The molecule has 2 heterocycles. The molecule has 0 aliphatic carbocycles. The van der Waals surface area contributed by atoms with Crippen molar-refractivity contribution in [3.63, 3.8) is 0 Å². The van der Waals surface area contributed by atoms with Gasteiger partial charge in [0.25, 0.3) is 5.97 Å². The Bertz CT molecular complexity index is 1570. The maximum atomic E-state index is 12.6. The number of furan rings is 1. The molecule has 0 aliphatic rings. The van der Waals surface area contributed by atoms with Crippen LogP contribution in [0.25, 0.3) is 0 Å². The number of ether oxygens (including phenoxy) is 2. The minimum absolute atomic E-state index is 0.127. The summed E-state index contributed by atoms with van der Waals surface area (Å²) in [6.07, 6.45) is -0.258. The molecule has 0 saturated heterocycles. The summed E-state index contributed by atoms with van der Waals surface area (Å²) >= 11 is 1.79. The molecule has 0 spiro atoms. The van der Waals surface area contributed by atoms with E-state index in [0.29, 0.717) is 13.0 Å². The Kier molecular flexibility index (Phi) is 19.0. The molecule has 2 aromatic heterocycles. The van der Waals surface area contributed by atoms with Crippen LogP contribution in [0.3, 0.4) is 0 Å². The molecule has 2 unspecified atom stereocenters. The summed E-state index contributed by atoms with van der Waals surface area (Å²) in [5.41, 5.74) is 9.23. The lowest BCUT2D eigenvalue weighted by atomic mass is 10.1. The largest absolute Gasteiger partial charge is 0.486 e. The van der Waals surface area contributed by atoms with Crippen LogP contribution >= 0.6 is 11.3 Å². The fraction of sp³-hybridized carbons (Fsp3) is 0.343. The third kappa shape index (κ3) is 16.0. The van der Waals surface area contributed by atoms with E-state index in [-0.39, 0.29) is 11.9 Å². The Hall–Kier alpha value is -4.86. The predicted octanol–water partition coefficient (Wildman–Crippen LogP) is 7.42. The molecule has 0 amide bonds. The van der Waals surface area contributed by atoms with Crippen LogP contribution < -0.4 is 20.5 Å². The quantitative estimate of drug-likeness (QED) is 0.0971. The molecule has 2 aromatic carbocycles. The van der Waals surface area contributed by atoms with Crippen molar-refractivity contribution < 1.29 is 56.8 Å². The molecule has 15 heteroatoms. The van der Waals surface area contributed by atoms with Gasteiger partial charge in [0.1, 0.15) is 23.7 Å².